The first-order valence-electron chi connectivity index (χ1n) is 11.4. The third-order valence-corrected chi connectivity index (χ3v) is 5.87. The second kappa shape index (κ2) is 10.5. The van der Waals surface area contributed by atoms with Crippen LogP contribution >= 0.6 is 0 Å². The molecule has 1 aromatic carbocycles. The van der Waals surface area contributed by atoms with Gasteiger partial charge in [-0.3, -0.25) is 4.79 Å². The maximum Gasteiger partial charge on any atom is 0.356 e. The van der Waals surface area contributed by atoms with Gasteiger partial charge in [-0.25, -0.2) is 9.78 Å². The van der Waals surface area contributed by atoms with E-state index in [0.717, 1.165) is 24.2 Å². The number of nitrogens with one attached hydrogen (secondary N) is 2. The van der Waals surface area contributed by atoms with Crippen molar-refractivity contribution in [3.05, 3.63) is 53.9 Å². The zero-order valence-electron chi connectivity index (χ0n) is 19.1. The minimum absolute atomic E-state index is 0.160. The first kappa shape index (κ1) is 22.8. The summed E-state index contributed by atoms with van der Waals surface area (Å²) >= 11 is 0. The number of rotatable bonds is 9. The fraction of sp³-hybridized carbons (Fsp3) is 0.400. The number of nitrogens with zero attached hydrogens (tertiary/aromatic N) is 2. The highest BCUT2D eigenvalue weighted by Gasteiger charge is 2.29. The van der Waals surface area contributed by atoms with Crippen LogP contribution in [-0.2, 0) is 27.2 Å². The largest absolute Gasteiger partial charge is 0.464 e. The molecule has 0 radical (unpaired) electrons. The molecule has 1 saturated heterocycles. The highest BCUT2D eigenvalue weighted by atomic mass is 16.5. The number of carbonyl (C=O) groups is 2. The maximum atomic E-state index is 13.0. The van der Waals surface area contributed by atoms with Crippen LogP contribution in [0.4, 0.5) is 11.4 Å². The Bertz CT molecular complexity index is 1120. The molecule has 0 unspecified atom stereocenters. The Morgan fingerprint density at radius 2 is 2.09 bits per heavy atom. The summed E-state index contributed by atoms with van der Waals surface area (Å²) in [5.41, 5.74) is 3.35. The van der Waals surface area contributed by atoms with Gasteiger partial charge in [-0.15, -0.1) is 0 Å². The third-order valence-electron chi connectivity index (χ3n) is 5.87. The molecule has 0 aliphatic carbocycles. The van der Waals surface area contributed by atoms with Crippen LogP contribution in [-0.4, -0.2) is 48.3 Å². The van der Waals surface area contributed by atoms with Crippen molar-refractivity contribution in [2.75, 3.05) is 37.5 Å². The summed E-state index contributed by atoms with van der Waals surface area (Å²) in [5.74, 6) is -0.915. The second-order valence-electron chi connectivity index (χ2n) is 8.17. The highest BCUT2D eigenvalue weighted by molar-refractivity contribution is 6.11. The Hall–Kier alpha value is -3.39. The van der Waals surface area contributed by atoms with Gasteiger partial charge in [-0.2, -0.15) is 0 Å². The predicted molar refractivity (Wildman–Crippen MR) is 128 cm³/mol. The van der Waals surface area contributed by atoms with Gasteiger partial charge in [0.05, 0.1) is 37.2 Å². The molecule has 0 saturated carbocycles. The molecule has 3 heterocycles. The van der Waals surface area contributed by atoms with Crippen LogP contribution in [0.15, 0.2) is 42.6 Å². The Morgan fingerprint density at radius 1 is 1.27 bits per heavy atom. The number of hydrogen-bond donors (Lipinski definition) is 2. The molecule has 1 fully saturated rings. The summed E-state index contributed by atoms with van der Waals surface area (Å²) in [6.45, 7) is 4.35. The van der Waals surface area contributed by atoms with Gasteiger partial charge in [0, 0.05) is 25.1 Å². The summed E-state index contributed by atoms with van der Waals surface area (Å²) in [6, 6.07) is 12.0. The maximum absolute atomic E-state index is 13.0. The summed E-state index contributed by atoms with van der Waals surface area (Å²) in [7, 11) is 1.35. The predicted octanol–water partition coefficient (Wildman–Crippen LogP) is 3.86. The van der Waals surface area contributed by atoms with Gasteiger partial charge in [0.1, 0.15) is 5.65 Å². The summed E-state index contributed by atoms with van der Waals surface area (Å²) < 4.78 is 12.3. The van der Waals surface area contributed by atoms with E-state index < -0.39 is 5.97 Å². The molecule has 1 amide bonds. The number of hydrogen-bond acceptors (Lipinski definition) is 6. The van der Waals surface area contributed by atoms with E-state index in [1.165, 1.54) is 7.11 Å². The van der Waals surface area contributed by atoms with Gasteiger partial charge >= 0.3 is 5.97 Å². The van der Waals surface area contributed by atoms with Gasteiger partial charge in [0.2, 0.25) is 5.91 Å². The molecule has 1 aliphatic rings. The Labute approximate surface area is 193 Å². The van der Waals surface area contributed by atoms with Crippen LogP contribution < -0.4 is 10.6 Å². The molecule has 8 heteroatoms. The number of amides is 1. The number of anilines is 2. The van der Waals surface area contributed by atoms with Crippen molar-refractivity contribution in [2.24, 2.45) is 5.92 Å². The minimum atomic E-state index is -0.512. The topological polar surface area (TPSA) is 94.5 Å². The molecule has 174 valence electrons. The molecule has 0 bridgehead atoms. The first-order valence-corrected chi connectivity index (χ1v) is 11.4. The molecule has 4 rings (SSSR count). The molecule has 33 heavy (non-hydrogen) atoms. The van der Waals surface area contributed by atoms with Crippen molar-refractivity contribution in [1.29, 1.82) is 0 Å². The summed E-state index contributed by atoms with van der Waals surface area (Å²) in [4.78, 5) is 30.6. The van der Waals surface area contributed by atoms with Crippen LogP contribution in [0.25, 0.3) is 11.0 Å². The van der Waals surface area contributed by atoms with Crippen molar-refractivity contribution >= 4 is 34.3 Å². The zero-order chi connectivity index (χ0) is 23.2. The van der Waals surface area contributed by atoms with E-state index in [9.17, 15) is 9.59 Å². The fourth-order valence-corrected chi connectivity index (χ4v) is 4.10. The number of carbonyl (C=O) groups excluding carboxylic acids is 2. The third kappa shape index (κ3) is 5.01. The quantitative estimate of drug-likeness (QED) is 0.481. The number of methoxy groups -OCH3 is 1. The Kier molecular flexibility index (Phi) is 7.24. The molecule has 1 atom stereocenters. The minimum Gasteiger partial charge on any atom is -0.464 e. The van der Waals surface area contributed by atoms with Crippen molar-refractivity contribution in [1.82, 2.24) is 9.55 Å². The molecule has 8 nitrogen and oxygen atoms in total. The fourth-order valence-electron chi connectivity index (χ4n) is 4.10. The van der Waals surface area contributed by atoms with Gasteiger partial charge in [-0.05, 0) is 30.9 Å². The lowest BCUT2D eigenvalue weighted by molar-refractivity contribution is -0.119. The smallest absolute Gasteiger partial charge is 0.356 e. The van der Waals surface area contributed by atoms with Crippen LogP contribution in [0, 0.1) is 5.92 Å². The number of fused-ring (bicyclic) bond motifs is 1. The molecule has 3 aromatic rings. The number of esters is 1. The van der Waals surface area contributed by atoms with E-state index in [2.05, 4.69) is 22.5 Å². The van der Waals surface area contributed by atoms with Crippen molar-refractivity contribution in [3.8, 4) is 0 Å². The molecule has 2 aromatic heterocycles. The number of aromatic nitrogens is 2. The lowest BCUT2D eigenvalue weighted by Crippen LogP contribution is -2.24. The summed E-state index contributed by atoms with van der Waals surface area (Å²) in [5, 5.41) is 7.04. The van der Waals surface area contributed by atoms with Crippen molar-refractivity contribution in [3.63, 3.8) is 0 Å². The second-order valence-corrected chi connectivity index (χ2v) is 8.17. The first-order chi connectivity index (χ1) is 16.1. The molecule has 2 N–H and O–H groups in total. The standard InChI is InChI=1S/C25H30N4O4/c1-3-11-26-19-14-20-21(28-24(30)18-10-13-33-16-18)22(25(31)32-2)29(23(20)27-15-19)12-9-17-7-5-4-6-8-17/h4-8,14-15,18,26H,3,9-13,16H2,1-2H3,(H,28,30)/t18-/m0/s1. The van der Waals surface area contributed by atoms with Gasteiger partial charge < -0.3 is 24.7 Å². The van der Waals surface area contributed by atoms with E-state index in [1.807, 2.05) is 41.0 Å². The lowest BCUT2D eigenvalue weighted by atomic mass is 10.1. The molecular weight excluding hydrogens is 420 g/mol. The van der Waals surface area contributed by atoms with Gasteiger partial charge in [0.15, 0.2) is 5.69 Å². The van der Waals surface area contributed by atoms with Crippen molar-refractivity contribution < 1.29 is 19.1 Å². The number of pyridine rings is 1. The average Bonchev–Trinajstić information content (AvgIpc) is 3.49. The number of benzene rings is 1. The van der Waals surface area contributed by atoms with E-state index >= 15 is 0 Å². The van der Waals surface area contributed by atoms with Crippen LogP contribution in [0.3, 0.4) is 0 Å². The van der Waals surface area contributed by atoms with Gasteiger partial charge in [0.25, 0.3) is 0 Å². The summed E-state index contributed by atoms with van der Waals surface area (Å²) in [6.07, 6.45) is 4.09. The highest BCUT2D eigenvalue weighted by Crippen LogP contribution is 2.33. The molecule has 0 spiro atoms. The Balaban J connectivity index is 1.79. The van der Waals surface area contributed by atoms with E-state index in [4.69, 9.17) is 9.47 Å². The normalized spacial score (nSPS) is 15.5. The SMILES string of the molecule is CCCNc1cnc2c(c1)c(NC(=O)[C@H]1CCOC1)c(C(=O)OC)n2CCc1ccccc1. The number of aryl methyl sites for hydroxylation is 2. The van der Waals surface area contributed by atoms with Crippen LogP contribution in [0.2, 0.25) is 0 Å². The lowest BCUT2D eigenvalue weighted by Gasteiger charge is -2.12. The van der Waals surface area contributed by atoms with Crippen LogP contribution in [0.5, 0.6) is 0 Å². The van der Waals surface area contributed by atoms with E-state index in [1.54, 1.807) is 6.20 Å². The van der Waals surface area contributed by atoms with E-state index in [-0.39, 0.29) is 11.8 Å². The monoisotopic (exact) mass is 450 g/mol. The molecular formula is C25H30N4O4. The zero-order valence-corrected chi connectivity index (χ0v) is 19.1. The van der Waals surface area contributed by atoms with Crippen LogP contribution in [0.1, 0.15) is 35.8 Å². The Morgan fingerprint density at radius 3 is 2.79 bits per heavy atom. The molecule has 1 aliphatic heterocycles. The number of ether oxygens (including phenoxy) is 2. The van der Waals surface area contributed by atoms with E-state index in [0.29, 0.717) is 55.0 Å². The average molecular weight is 451 g/mol. The van der Waals surface area contributed by atoms with Crippen molar-refractivity contribution in [2.45, 2.75) is 32.7 Å². The van der Waals surface area contributed by atoms with Gasteiger partial charge in [-0.1, -0.05) is 37.3 Å².